The van der Waals surface area contributed by atoms with E-state index in [4.69, 9.17) is 28.3 Å². The summed E-state index contributed by atoms with van der Waals surface area (Å²) in [6, 6.07) is 3.90. The number of urea groups is 1. The van der Waals surface area contributed by atoms with Crippen LogP contribution in [0.15, 0.2) is 18.2 Å². The average molecular weight is 386 g/mol. The predicted molar refractivity (Wildman–Crippen MR) is 93.1 cm³/mol. The summed E-state index contributed by atoms with van der Waals surface area (Å²) in [5.74, 6) is -1.67. The van der Waals surface area contributed by atoms with Crippen molar-refractivity contribution in [2.24, 2.45) is 5.92 Å². The molecule has 0 spiro atoms. The Morgan fingerprint density at radius 2 is 1.92 bits per heavy atom. The Morgan fingerprint density at radius 3 is 2.56 bits per heavy atom. The van der Waals surface area contributed by atoms with Gasteiger partial charge in [-0.2, -0.15) is 0 Å². The molecule has 0 bridgehead atoms. The molecular formula is C16H17Cl2N3O4. The number of rotatable bonds is 3. The van der Waals surface area contributed by atoms with E-state index in [1.165, 1.54) is 4.90 Å². The number of carboxylic acid groups (broad SMARTS) is 1. The van der Waals surface area contributed by atoms with Crippen LogP contribution in [0.25, 0.3) is 0 Å². The largest absolute Gasteiger partial charge is 0.481 e. The Kier molecular flexibility index (Phi) is 5.06. The number of carbonyl (C=O) groups excluding carboxylic acids is 2. The fraction of sp³-hybridized carbons (Fsp3) is 0.438. The second-order valence-electron chi connectivity index (χ2n) is 6.15. The average Bonchev–Trinajstić information content (AvgIpc) is 3.19. The number of halogens is 2. The summed E-state index contributed by atoms with van der Waals surface area (Å²) >= 11 is 11.9. The summed E-state index contributed by atoms with van der Waals surface area (Å²) in [6.45, 7) is 0.998. The molecule has 2 N–H and O–H groups in total. The van der Waals surface area contributed by atoms with Gasteiger partial charge in [0.15, 0.2) is 0 Å². The van der Waals surface area contributed by atoms with Crippen LogP contribution in [0.4, 0.5) is 10.5 Å². The van der Waals surface area contributed by atoms with Gasteiger partial charge in [-0.1, -0.05) is 23.2 Å². The van der Waals surface area contributed by atoms with E-state index in [1.54, 1.807) is 23.1 Å². The number of anilines is 1. The molecule has 3 rings (SSSR count). The zero-order chi connectivity index (χ0) is 18.1. The number of carboxylic acids is 1. The fourth-order valence-corrected chi connectivity index (χ4v) is 3.40. The molecule has 2 atom stereocenters. The minimum absolute atomic E-state index is 0.165. The Balaban J connectivity index is 1.61. The molecule has 2 fully saturated rings. The summed E-state index contributed by atoms with van der Waals surface area (Å²) in [5, 5.41) is 12.5. The first-order valence-corrected chi connectivity index (χ1v) is 8.67. The molecular weight excluding hydrogens is 369 g/mol. The lowest BCUT2D eigenvalue weighted by atomic mass is 10.1. The summed E-state index contributed by atoms with van der Waals surface area (Å²) in [7, 11) is 0. The summed E-state index contributed by atoms with van der Waals surface area (Å²) in [6.07, 6.45) is 0.901. The molecule has 25 heavy (non-hydrogen) atoms. The van der Waals surface area contributed by atoms with Gasteiger partial charge in [-0.3, -0.25) is 9.59 Å². The second kappa shape index (κ2) is 7.09. The normalized spacial score (nSPS) is 23.2. The van der Waals surface area contributed by atoms with E-state index in [9.17, 15) is 14.4 Å². The molecule has 7 nitrogen and oxygen atoms in total. The molecule has 0 aromatic heterocycles. The smallest absolute Gasteiger partial charge is 0.318 e. The van der Waals surface area contributed by atoms with Crippen LogP contribution in [0.2, 0.25) is 10.0 Å². The second-order valence-corrected chi connectivity index (χ2v) is 6.96. The molecule has 2 aliphatic heterocycles. The highest BCUT2D eigenvalue weighted by molar-refractivity contribution is 6.42. The van der Waals surface area contributed by atoms with E-state index in [0.717, 1.165) is 0 Å². The van der Waals surface area contributed by atoms with E-state index in [2.05, 4.69) is 5.32 Å². The van der Waals surface area contributed by atoms with Gasteiger partial charge in [-0.05, 0) is 31.0 Å². The maximum atomic E-state index is 12.5. The van der Waals surface area contributed by atoms with Crippen molar-refractivity contribution in [3.63, 3.8) is 0 Å². The van der Waals surface area contributed by atoms with Crippen molar-refractivity contribution in [1.82, 2.24) is 10.2 Å². The van der Waals surface area contributed by atoms with Crippen LogP contribution in [0.5, 0.6) is 0 Å². The molecule has 0 radical (unpaired) electrons. The SMILES string of the molecule is O=C(O)C1CCN(C(=O)NC2CCN(c3ccc(Cl)c(Cl)c3)C2=O)C1. The van der Waals surface area contributed by atoms with Crippen LogP contribution in [0.1, 0.15) is 12.8 Å². The Hall–Kier alpha value is -1.99. The highest BCUT2D eigenvalue weighted by atomic mass is 35.5. The topological polar surface area (TPSA) is 89.9 Å². The highest BCUT2D eigenvalue weighted by Gasteiger charge is 2.37. The van der Waals surface area contributed by atoms with Crippen molar-refractivity contribution in [3.05, 3.63) is 28.2 Å². The van der Waals surface area contributed by atoms with Crippen molar-refractivity contribution < 1.29 is 19.5 Å². The number of hydrogen-bond acceptors (Lipinski definition) is 3. The molecule has 2 saturated heterocycles. The lowest BCUT2D eigenvalue weighted by Crippen LogP contribution is -2.47. The lowest BCUT2D eigenvalue weighted by Gasteiger charge is -2.21. The molecule has 0 saturated carbocycles. The number of likely N-dealkylation sites (tertiary alicyclic amines) is 1. The van der Waals surface area contributed by atoms with E-state index in [1.807, 2.05) is 0 Å². The van der Waals surface area contributed by atoms with E-state index in [-0.39, 0.29) is 12.5 Å². The molecule has 2 unspecified atom stereocenters. The zero-order valence-corrected chi connectivity index (χ0v) is 14.8. The highest BCUT2D eigenvalue weighted by Crippen LogP contribution is 2.29. The molecule has 0 aliphatic carbocycles. The van der Waals surface area contributed by atoms with Gasteiger partial charge in [0.05, 0.1) is 16.0 Å². The molecule has 134 valence electrons. The first kappa shape index (κ1) is 17.8. The van der Waals surface area contributed by atoms with Gasteiger partial charge >= 0.3 is 12.0 Å². The third-order valence-electron chi connectivity index (χ3n) is 4.54. The van der Waals surface area contributed by atoms with Crippen LogP contribution in [0, 0.1) is 5.92 Å². The molecule has 2 aliphatic rings. The Bertz CT molecular complexity index is 727. The van der Waals surface area contributed by atoms with Gasteiger partial charge in [0, 0.05) is 25.3 Å². The van der Waals surface area contributed by atoms with Crippen molar-refractivity contribution in [3.8, 4) is 0 Å². The number of amides is 3. The maximum absolute atomic E-state index is 12.5. The van der Waals surface area contributed by atoms with Crippen LogP contribution in [-0.4, -0.2) is 53.6 Å². The molecule has 9 heteroatoms. The van der Waals surface area contributed by atoms with E-state index in [0.29, 0.717) is 41.7 Å². The minimum atomic E-state index is -0.905. The van der Waals surface area contributed by atoms with Gasteiger partial charge in [0.2, 0.25) is 5.91 Å². The number of aliphatic carboxylic acids is 1. The van der Waals surface area contributed by atoms with Gasteiger partial charge < -0.3 is 20.2 Å². The van der Waals surface area contributed by atoms with Crippen molar-refractivity contribution in [1.29, 1.82) is 0 Å². The molecule has 1 aromatic rings. The zero-order valence-electron chi connectivity index (χ0n) is 13.2. The first-order valence-electron chi connectivity index (χ1n) is 7.91. The standard InChI is InChI=1S/C16H17Cl2N3O4/c17-11-2-1-10(7-12(11)18)21-6-4-13(14(21)22)19-16(25)20-5-3-9(8-20)15(23)24/h1-2,7,9,13H,3-6,8H2,(H,19,25)(H,23,24). The predicted octanol–water partition coefficient (Wildman–Crippen LogP) is 2.21. The van der Waals surface area contributed by atoms with Crippen LogP contribution in [-0.2, 0) is 9.59 Å². The number of hydrogen-bond donors (Lipinski definition) is 2. The van der Waals surface area contributed by atoms with Crippen LogP contribution < -0.4 is 10.2 Å². The van der Waals surface area contributed by atoms with E-state index >= 15 is 0 Å². The first-order chi connectivity index (χ1) is 11.9. The third-order valence-corrected chi connectivity index (χ3v) is 5.28. The van der Waals surface area contributed by atoms with Crippen molar-refractivity contribution in [2.45, 2.75) is 18.9 Å². The summed E-state index contributed by atoms with van der Waals surface area (Å²) in [5.41, 5.74) is 0.628. The number of nitrogens with one attached hydrogen (secondary N) is 1. The van der Waals surface area contributed by atoms with Gasteiger partial charge in [-0.15, -0.1) is 0 Å². The Morgan fingerprint density at radius 1 is 1.16 bits per heavy atom. The maximum Gasteiger partial charge on any atom is 0.318 e. The van der Waals surface area contributed by atoms with Gasteiger partial charge in [0.25, 0.3) is 0 Å². The lowest BCUT2D eigenvalue weighted by molar-refractivity contribution is -0.141. The molecule has 1 aromatic carbocycles. The summed E-state index contributed by atoms with van der Waals surface area (Å²) < 4.78 is 0. The minimum Gasteiger partial charge on any atom is -0.481 e. The quantitative estimate of drug-likeness (QED) is 0.834. The number of benzene rings is 1. The van der Waals surface area contributed by atoms with Crippen LogP contribution >= 0.6 is 23.2 Å². The van der Waals surface area contributed by atoms with Crippen molar-refractivity contribution >= 4 is 46.8 Å². The van der Waals surface area contributed by atoms with Gasteiger partial charge in [-0.25, -0.2) is 4.79 Å². The van der Waals surface area contributed by atoms with E-state index < -0.39 is 24.0 Å². The summed E-state index contributed by atoms with van der Waals surface area (Å²) in [4.78, 5) is 38.8. The molecule has 2 heterocycles. The Labute approximate surface area is 154 Å². The third kappa shape index (κ3) is 3.67. The molecule has 3 amide bonds. The monoisotopic (exact) mass is 385 g/mol. The number of nitrogens with zero attached hydrogens (tertiary/aromatic N) is 2. The fourth-order valence-electron chi connectivity index (χ4n) is 3.11. The van der Waals surface area contributed by atoms with Gasteiger partial charge in [0.1, 0.15) is 6.04 Å². The number of carbonyl (C=O) groups is 3. The van der Waals surface area contributed by atoms with Crippen molar-refractivity contribution in [2.75, 3.05) is 24.5 Å². The van der Waals surface area contributed by atoms with Crippen LogP contribution in [0.3, 0.4) is 0 Å².